The summed E-state index contributed by atoms with van der Waals surface area (Å²) in [6.07, 6.45) is 8.01. The van der Waals surface area contributed by atoms with Crippen LogP contribution in [0.2, 0.25) is 0 Å². The molecule has 0 aromatic carbocycles. The van der Waals surface area contributed by atoms with Crippen LogP contribution in [0.25, 0.3) is 12.2 Å². The fourth-order valence-corrected chi connectivity index (χ4v) is 2.19. The number of aldehydes is 1. The number of hydrogen-bond donors (Lipinski definition) is 0. The molecule has 1 unspecified atom stereocenters. The normalized spacial score (nSPS) is 21.8. The Morgan fingerprint density at radius 3 is 2.78 bits per heavy atom. The van der Waals surface area contributed by atoms with Gasteiger partial charge in [0.25, 0.3) is 0 Å². The van der Waals surface area contributed by atoms with Crippen LogP contribution >= 0.6 is 0 Å². The van der Waals surface area contributed by atoms with Gasteiger partial charge in [0.05, 0.1) is 5.41 Å². The second-order valence-electron chi connectivity index (χ2n) is 5.06. The van der Waals surface area contributed by atoms with E-state index in [1.54, 1.807) is 12.1 Å². The number of Topliss-reactive ketones (excluding diaryl/α,β-unsaturated/α-hetero) is 1. The average Bonchev–Trinajstić information content (AvgIpc) is 2.63. The highest BCUT2D eigenvalue weighted by molar-refractivity contribution is 5.94. The molecule has 0 radical (unpaired) electrons. The third-order valence-corrected chi connectivity index (χ3v) is 3.13. The predicted octanol–water partition coefficient (Wildman–Crippen LogP) is 1.45. The zero-order chi connectivity index (χ0) is 13.3. The number of carbonyl (C=O) groups is 2. The molecule has 0 spiro atoms. The maximum absolute atomic E-state index is 12.3. The highest BCUT2D eigenvalue weighted by Gasteiger charge is 2.30. The maximum Gasteiger partial charge on any atom is 0.185 e. The van der Waals surface area contributed by atoms with Crippen molar-refractivity contribution in [3.8, 4) is 0 Å². The van der Waals surface area contributed by atoms with Crippen LogP contribution < -0.4 is 10.6 Å². The topological polar surface area (TPSA) is 47.3 Å². The van der Waals surface area contributed by atoms with Crippen molar-refractivity contribution in [1.29, 1.82) is 0 Å². The number of ketones is 1. The van der Waals surface area contributed by atoms with Crippen molar-refractivity contribution in [2.24, 2.45) is 11.3 Å². The van der Waals surface area contributed by atoms with Gasteiger partial charge in [-0.2, -0.15) is 0 Å². The Bertz CT molecular complexity index is 631. The highest BCUT2D eigenvalue weighted by atomic mass is 16.3. The minimum atomic E-state index is -0.687. The van der Waals surface area contributed by atoms with E-state index in [9.17, 15) is 9.59 Å². The summed E-state index contributed by atoms with van der Waals surface area (Å²) in [4.78, 5) is 23.0. The molecule has 1 aliphatic carbocycles. The zero-order valence-corrected chi connectivity index (χ0v) is 10.8. The van der Waals surface area contributed by atoms with Gasteiger partial charge in [-0.1, -0.05) is 32.1 Å². The molecule has 3 heteroatoms. The third kappa shape index (κ3) is 2.08. The molecule has 1 aliphatic rings. The first kappa shape index (κ1) is 12.6. The van der Waals surface area contributed by atoms with E-state index in [0.29, 0.717) is 11.7 Å². The molecule has 1 atom stereocenters. The van der Waals surface area contributed by atoms with Gasteiger partial charge in [0.1, 0.15) is 11.2 Å². The van der Waals surface area contributed by atoms with E-state index in [0.717, 1.165) is 5.22 Å². The second-order valence-corrected chi connectivity index (χ2v) is 5.06. The minimum absolute atomic E-state index is 0.0575. The van der Waals surface area contributed by atoms with E-state index >= 15 is 0 Å². The number of hydrogen-bond acceptors (Lipinski definition) is 3. The Balaban J connectivity index is 2.61. The minimum Gasteiger partial charge on any atom is -0.454 e. The lowest BCUT2D eigenvalue weighted by Crippen LogP contribution is -2.31. The Morgan fingerprint density at radius 1 is 1.44 bits per heavy atom. The van der Waals surface area contributed by atoms with Gasteiger partial charge >= 0.3 is 0 Å². The van der Waals surface area contributed by atoms with E-state index in [2.05, 4.69) is 0 Å². The first-order chi connectivity index (χ1) is 8.46. The number of furan rings is 1. The summed E-state index contributed by atoms with van der Waals surface area (Å²) in [6, 6.07) is 1.68. The molecule has 0 amide bonds. The van der Waals surface area contributed by atoms with Gasteiger partial charge in [0.15, 0.2) is 12.0 Å². The fraction of sp³-hybridized carbons (Fsp3) is 0.333. The second kappa shape index (κ2) is 4.41. The smallest absolute Gasteiger partial charge is 0.185 e. The van der Waals surface area contributed by atoms with Gasteiger partial charge in [-0.15, -0.1) is 0 Å². The SMILES string of the molecule is CC(C)C(=O)C1(C)C=CC=c2cc(C=O)oc2=C1. The Morgan fingerprint density at radius 2 is 2.17 bits per heavy atom. The van der Waals surface area contributed by atoms with Gasteiger partial charge in [-0.25, -0.2) is 0 Å². The summed E-state index contributed by atoms with van der Waals surface area (Å²) in [5.74, 6) is 0.351. The first-order valence-corrected chi connectivity index (χ1v) is 5.98. The monoisotopic (exact) mass is 244 g/mol. The van der Waals surface area contributed by atoms with Crippen molar-refractivity contribution in [3.63, 3.8) is 0 Å². The largest absolute Gasteiger partial charge is 0.454 e. The molecule has 0 aliphatic heterocycles. The molecular formula is C15H16O3. The number of rotatable bonds is 3. The summed E-state index contributed by atoms with van der Waals surface area (Å²) in [7, 11) is 0. The molecule has 1 aromatic rings. The number of fused-ring (bicyclic) bond motifs is 1. The van der Waals surface area contributed by atoms with Crippen LogP contribution in [0.1, 0.15) is 31.3 Å². The van der Waals surface area contributed by atoms with Gasteiger partial charge in [-0.05, 0) is 19.1 Å². The van der Waals surface area contributed by atoms with Crippen molar-refractivity contribution in [2.45, 2.75) is 20.8 Å². The van der Waals surface area contributed by atoms with Crippen LogP contribution in [-0.2, 0) is 4.79 Å². The molecule has 2 rings (SSSR count). The molecule has 1 aromatic heterocycles. The van der Waals surface area contributed by atoms with Crippen molar-refractivity contribution in [1.82, 2.24) is 0 Å². The molecule has 0 bridgehead atoms. The molecule has 0 saturated heterocycles. The predicted molar refractivity (Wildman–Crippen MR) is 69.4 cm³/mol. The lowest BCUT2D eigenvalue weighted by atomic mass is 9.80. The van der Waals surface area contributed by atoms with Crippen LogP contribution in [0.4, 0.5) is 0 Å². The van der Waals surface area contributed by atoms with Crippen molar-refractivity contribution in [2.75, 3.05) is 0 Å². The van der Waals surface area contributed by atoms with Crippen molar-refractivity contribution in [3.05, 3.63) is 34.6 Å². The standard InChI is InChI=1S/C15H16O3/c1-10(2)14(17)15(3)6-4-5-11-7-12(9-16)18-13(11)8-15/h4-10H,1-3H3. The molecule has 0 N–H and O–H groups in total. The van der Waals surface area contributed by atoms with Gasteiger partial charge in [0, 0.05) is 11.1 Å². The van der Waals surface area contributed by atoms with Gasteiger partial charge < -0.3 is 4.42 Å². The van der Waals surface area contributed by atoms with Crippen LogP contribution in [0.15, 0.2) is 22.6 Å². The third-order valence-electron chi connectivity index (χ3n) is 3.13. The summed E-state index contributed by atoms with van der Waals surface area (Å²) in [5, 5.41) is 0.827. The number of allylic oxidation sites excluding steroid dienone is 2. The Labute approximate surface area is 105 Å². The molecule has 3 nitrogen and oxygen atoms in total. The van der Waals surface area contributed by atoms with Crippen molar-refractivity contribution < 1.29 is 14.0 Å². The summed E-state index contributed by atoms with van der Waals surface area (Å²) in [5.41, 5.74) is -0.105. The lowest BCUT2D eigenvalue weighted by molar-refractivity contribution is -0.126. The van der Waals surface area contributed by atoms with Crippen LogP contribution in [0.5, 0.6) is 0 Å². The fourth-order valence-electron chi connectivity index (χ4n) is 2.19. The highest BCUT2D eigenvalue weighted by Crippen LogP contribution is 2.26. The molecular weight excluding hydrogens is 228 g/mol. The molecule has 0 saturated carbocycles. The summed E-state index contributed by atoms with van der Waals surface area (Å²) in [6.45, 7) is 5.62. The quantitative estimate of drug-likeness (QED) is 0.756. The van der Waals surface area contributed by atoms with E-state index < -0.39 is 5.41 Å². The zero-order valence-electron chi connectivity index (χ0n) is 10.8. The number of carbonyl (C=O) groups excluding carboxylic acids is 2. The van der Waals surface area contributed by atoms with Gasteiger partial charge in [-0.3, -0.25) is 9.59 Å². The Hall–Kier alpha value is -1.90. The summed E-state index contributed by atoms with van der Waals surface area (Å²) < 4.78 is 5.41. The first-order valence-electron chi connectivity index (χ1n) is 5.98. The van der Waals surface area contributed by atoms with E-state index in [1.807, 2.05) is 39.0 Å². The maximum atomic E-state index is 12.3. The molecule has 1 heterocycles. The van der Waals surface area contributed by atoms with Gasteiger partial charge in [0.2, 0.25) is 0 Å². The summed E-state index contributed by atoms with van der Waals surface area (Å²) >= 11 is 0. The average molecular weight is 244 g/mol. The molecule has 18 heavy (non-hydrogen) atoms. The van der Waals surface area contributed by atoms with E-state index in [1.165, 1.54) is 0 Å². The molecule has 94 valence electrons. The molecule has 0 fully saturated rings. The van der Waals surface area contributed by atoms with E-state index in [-0.39, 0.29) is 17.5 Å². The van der Waals surface area contributed by atoms with Crippen LogP contribution in [0, 0.1) is 11.3 Å². The van der Waals surface area contributed by atoms with E-state index in [4.69, 9.17) is 4.42 Å². The lowest BCUT2D eigenvalue weighted by Gasteiger charge is -2.21. The van der Waals surface area contributed by atoms with Crippen LogP contribution in [0.3, 0.4) is 0 Å². The van der Waals surface area contributed by atoms with Crippen molar-refractivity contribution >= 4 is 24.2 Å². The van der Waals surface area contributed by atoms with Crippen LogP contribution in [-0.4, -0.2) is 12.1 Å². The Kier molecular flexibility index (Phi) is 3.07.